The van der Waals surface area contributed by atoms with E-state index in [4.69, 9.17) is 14.2 Å². The number of carbonyl (C=O) groups excluding carboxylic acids is 3. The van der Waals surface area contributed by atoms with Crippen LogP contribution in [0.25, 0.3) is 0 Å². The molecule has 2 aromatic rings. The van der Waals surface area contributed by atoms with Gasteiger partial charge in [-0.1, -0.05) is 0 Å². The molecule has 1 aromatic carbocycles. The Hall–Kier alpha value is -3.34. The first kappa shape index (κ1) is 26.3. The van der Waals surface area contributed by atoms with E-state index in [1.54, 1.807) is 22.4 Å². The molecule has 10 nitrogen and oxygen atoms in total. The second-order valence-corrected chi connectivity index (χ2v) is 8.84. The third-order valence-corrected chi connectivity index (χ3v) is 6.90. The molecule has 11 heteroatoms. The molecular formula is C24H31N3O7S. The zero-order valence-corrected chi connectivity index (χ0v) is 21.2. The number of rotatable bonds is 10. The van der Waals surface area contributed by atoms with Crippen molar-refractivity contribution in [3.63, 3.8) is 0 Å². The second-order valence-electron chi connectivity index (χ2n) is 7.95. The molecule has 0 spiro atoms. The minimum Gasteiger partial charge on any atom is -0.493 e. The summed E-state index contributed by atoms with van der Waals surface area (Å²) < 4.78 is 20.8. The molecule has 0 atom stereocenters. The van der Waals surface area contributed by atoms with Crippen LogP contribution in [-0.2, 0) is 9.53 Å². The highest BCUT2D eigenvalue weighted by Crippen LogP contribution is 2.40. The third-order valence-electron chi connectivity index (χ3n) is 5.89. The first-order valence-electron chi connectivity index (χ1n) is 11.3. The molecule has 1 aromatic heterocycles. The van der Waals surface area contributed by atoms with Crippen LogP contribution in [0.3, 0.4) is 0 Å². The number of esters is 1. The number of piperidine rings is 1. The molecule has 0 bridgehead atoms. The van der Waals surface area contributed by atoms with Gasteiger partial charge < -0.3 is 29.2 Å². The van der Waals surface area contributed by atoms with E-state index in [9.17, 15) is 14.4 Å². The summed E-state index contributed by atoms with van der Waals surface area (Å²) >= 11 is 1.45. The summed E-state index contributed by atoms with van der Waals surface area (Å²) in [6, 6.07) is 3.38. The van der Waals surface area contributed by atoms with E-state index in [1.165, 1.54) is 39.8 Å². The normalized spacial score (nSPS) is 13.8. The summed E-state index contributed by atoms with van der Waals surface area (Å²) in [5, 5.41) is 5.41. The van der Waals surface area contributed by atoms with Gasteiger partial charge in [0, 0.05) is 37.4 Å². The molecule has 2 heterocycles. The summed E-state index contributed by atoms with van der Waals surface area (Å²) in [5.41, 5.74) is 0.792. The molecule has 1 fully saturated rings. The van der Waals surface area contributed by atoms with Gasteiger partial charge in [-0.2, -0.15) is 0 Å². The quantitative estimate of drug-likeness (QED) is 0.387. The summed E-state index contributed by atoms with van der Waals surface area (Å²) in [5.74, 6) is 0.710. The number of nitrogens with zero attached hydrogens (tertiary/aromatic N) is 2. The van der Waals surface area contributed by atoms with Crippen molar-refractivity contribution < 1.29 is 33.3 Å². The van der Waals surface area contributed by atoms with Gasteiger partial charge in [-0.15, -0.1) is 11.3 Å². The highest BCUT2D eigenvalue weighted by atomic mass is 32.1. The highest BCUT2D eigenvalue weighted by molar-refractivity contribution is 7.09. The van der Waals surface area contributed by atoms with Crippen LogP contribution in [-0.4, -0.2) is 75.7 Å². The molecule has 0 saturated carbocycles. The predicted molar refractivity (Wildman–Crippen MR) is 130 cm³/mol. The van der Waals surface area contributed by atoms with Gasteiger partial charge in [0.05, 0.1) is 39.0 Å². The Labute approximate surface area is 208 Å². The van der Waals surface area contributed by atoms with E-state index in [0.29, 0.717) is 54.6 Å². The fourth-order valence-corrected chi connectivity index (χ4v) is 4.95. The standard InChI is InChI=1S/C24H31N3O7S/c1-31-18-8-7-16(20(33-3)21(18)34-4)24(30)27-12-9-15(10-13-27)23-26-17(14-35-23)22(29)25-11-5-6-19(28)32-2/h7-8,14-15H,5-6,9-13H2,1-4H3,(H,25,29). The molecule has 0 aliphatic carbocycles. The molecule has 0 unspecified atom stereocenters. The van der Waals surface area contributed by atoms with E-state index >= 15 is 0 Å². The Morgan fingerprint density at radius 2 is 1.77 bits per heavy atom. The summed E-state index contributed by atoms with van der Waals surface area (Å²) in [6.45, 7) is 1.51. The molecule has 1 aliphatic rings. The monoisotopic (exact) mass is 505 g/mol. The van der Waals surface area contributed by atoms with E-state index in [0.717, 1.165) is 17.8 Å². The molecule has 0 radical (unpaired) electrons. The Bertz CT molecular complexity index is 1050. The zero-order valence-electron chi connectivity index (χ0n) is 20.4. The van der Waals surface area contributed by atoms with Crippen LogP contribution in [0.5, 0.6) is 17.2 Å². The van der Waals surface area contributed by atoms with E-state index in [1.807, 2.05) is 0 Å². The first-order chi connectivity index (χ1) is 16.9. The van der Waals surface area contributed by atoms with Crippen molar-refractivity contribution >= 4 is 29.1 Å². The minimum atomic E-state index is -0.301. The molecule has 2 amide bonds. The smallest absolute Gasteiger partial charge is 0.305 e. The molecule has 35 heavy (non-hydrogen) atoms. The van der Waals surface area contributed by atoms with Crippen LogP contribution in [0.15, 0.2) is 17.5 Å². The van der Waals surface area contributed by atoms with Gasteiger partial charge in [0.25, 0.3) is 11.8 Å². The van der Waals surface area contributed by atoms with E-state index < -0.39 is 0 Å². The van der Waals surface area contributed by atoms with E-state index in [2.05, 4.69) is 15.0 Å². The number of benzene rings is 1. The molecule has 1 N–H and O–H groups in total. The SMILES string of the molecule is COC(=O)CCCNC(=O)c1csc(C2CCN(C(=O)c3ccc(OC)c(OC)c3OC)CC2)n1. The summed E-state index contributed by atoms with van der Waals surface area (Å²) in [4.78, 5) is 43.0. The Balaban J connectivity index is 1.57. The predicted octanol–water partition coefficient (Wildman–Crippen LogP) is 2.87. The Morgan fingerprint density at radius 3 is 2.40 bits per heavy atom. The van der Waals surface area contributed by atoms with E-state index in [-0.39, 0.29) is 30.1 Å². The maximum atomic E-state index is 13.2. The van der Waals surface area contributed by atoms with Crippen molar-refractivity contribution in [1.29, 1.82) is 0 Å². The van der Waals surface area contributed by atoms with Gasteiger partial charge >= 0.3 is 5.97 Å². The molecule has 1 aliphatic heterocycles. The van der Waals surface area contributed by atoms with Crippen molar-refractivity contribution in [2.24, 2.45) is 0 Å². The summed E-state index contributed by atoms with van der Waals surface area (Å²) in [6.07, 6.45) is 2.25. The average Bonchev–Trinajstić information content (AvgIpc) is 3.40. The molecular weight excluding hydrogens is 474 g/mol. The largest absolute Gasteiger partial charge is 0.493 e. The Morgan fingerprint density at radius 1 is 1.06 bits per heavy atom. The van der Waals surface area contributed by atoms with Crippen LogP contribution in [0, 0.1) is 0 Å². The lowest BCUT2D eigenvalue weighted by Gasteiger charge is -2.31. The molecule has 1 saturated heterocycles. The maximum absolute atomic E-state index is 13.2. The van der Waals surface area contributed by atoms with Crippen molar-refractivity contribution in [3.8, 4) is 17.2 Å². The lowest BCUT2D eigenvalue weighted by Crippen LogP contribution is -2.38. The number of thiazole rings is 1. The molecule has 3 rings (SSSR count). The average molecular weight is 506 g/mol. The number of ether oxygens (including phenoxy) is 4. The Kier molecular flexibility index (Phi) is 9.30. The van der Waals surface area contributed by atoms with Gasteiger partial charge in [0.15, 0.2) is 11.5 Å². The van der Waals surface area contributed by atoms with Crippen LogP contribution in [0.2, 0.25) is 0 Å². The molecule has 190 valence electrons. The highest BCUT2D eigenvalue weighted by Gasteiger charge is 2.29. The van der Waals surface area contributed by atoms with Crippen molar-refractivity contribution in [2.45, 2.75) is 31.6 Å². The lowest BCUT2D eigenvalue weighted by atomic mass is 9.97. The topological polar surface area (TPSA) is 116 Å². The number of aromatic nitrogens is 1. The van der Waals surface area contributed by atoms with Gasteiger partial charge in [0.2, 0.25) is 5.75 Å². The maximum Gasteiger partial charge on any atom is 0.305 e. The lowest BCUT2D eigenvalue weighted by molar-refractivity contribution is -0.140. The number of hydrogen-bond acceptors (Lipinski definition) is 9. The number of hydrogen-bond donors (Lipinski definition) is 1. The number of methoxy groups -OCH3 is 4. The van der Waals surface area contributed by atoms with Crippen LogP contribution < -0.4 is 19.5 Å². The third kappa shape index (κ3) is 6.21. The van der Waals surface area contributed by atoms with Crippen molar-refractivity contribution in [2.75, 3.05) is 48.1 Å². The number of nitrogens with one attached hydrogen (secondary N) is 1. The van der Waals surface area contributed by atoms with Crippen LogP contribution in [0.1, 0.15) is 57.5 Å². The van der Waals surface area contributed by atoms with Crippen molar-refractivity contribution in [1.82, 2.24) is 15.2 Å². The van der Waals surface area contributed by atoms with Gasteiger partial charge in [-0.3, -0.25) is 14.4 Å². The van der Waals surface area contributed by atoms with Crippen LogP contribution >= 0.6 is 11.3 Å². The number of amides is 2. The first-order valence-corrected chi connectivity index (χ1v) is 12.2. The van der Waals surface area contributed by atoms with Crippen LogP contribution in [0.4, 0.5) is 0 Å². The summed E-state index contributed by atoms with van der Waals surface area (Å²) in [7, 11) is 5.87. The van der Waals surface area contributed by atoms with Gasteiger partial charge in [-0.05, 0) is 31.4 Å². The number of carbonyl (C=O) groups is 3. The zero-order chi connectivity index (χ0) is 25.4. The minimum absolute atomic E-state index is 0.132. The second kappa shape index (κ2) is 12.4. The number of likely N-dealkylation sites (tertiary alicyclic amines) is 1. The fraction of sp³-hybridized carbons (Fsp3) is 0.500. The van der Waals surface area contributed by atoms with Crippen molar-refractivity contribution in [3.05, 3.63) is 33.8 Å². The van der Waals surface area contributed by atoms with Gasteiger partial charge in [-0.25, -0.2) is 4.98 Å². The van der Waals surface area contributed by atoms with Gasteiger partial charge in [0.1, 0.15) is 5.69 Å². The fourth-order valence-electron chi connectivity index (χ4n) is 3.98.